The lowest BCUT2D eigenvalue weighted by atomic mass is 9.75. The Morgan fingerprint density at radius 1 is 1.08 bits per heavy atom. The SMILES string of the molecule is COc1ccc2nc(N3CCOCC3)c(C3C(C#N)=C(N)OC4=C3C(=O)c3ccccc3C4=O)cc2c1. The summed E-state index contributed by atoms with van der Waals surface area (Å²) in [7, 11) is 1.58. The molecule has 6 rings (SSSR count). The van der Waals surface area contributed by atoms with Gasteiger partial charge in [0.05, 0.1) is 37.3 Å². The molecule has 37 heavy (non-hydrogen) atoms. The van der Waals surface area contributed by atoms with Crippen LogP contribution < -0.4 is 15.4 Å². The lowest BCUT2D eigenvalue weighted by molar-refractivity contribution is 0.0897. The molecule has 0 saturated carbocycles. The van der Waals surface area contributed by atoms with Crippen molar-refractivity contribution < 1.29 is 23.8 Å². The van der Waals surface area contributed by atoms with Gasteiger partial charge in [-0.15, -0.1) is 0 Å². The number of nitrogens with zero attached hydrogens (tertiary/aromatic N) is 3. The Morgan fingerprint density at radius 2 is 1.81 bits per heavy atom. The van der Waals surface area contributed by atoms with E-state index in [0.29, 0.717) is 43.4 Å². The number of carbonyl (C=O) groups is 2. The number of aromatic nitrogens is 1. The predicted molar refractivity (Wildman–Crippen MR) is 134 cm³/mol. The van der Waals surface area contributed by atoms with E-state index in [1.165, 1.54) is 0 Å². The van der Waals surface area contributed by atoms with Crippen molar-refractivity contribution in [1.82, 2.24) is 4.98 Å². The molecular weight excluding hydrogens is 472 g/mol. The van der Waals surface area contributed by atoms with Crippen molar-refractivity contribution in [3.05, 3.63) is 88.0 Å². The molecule has 2 aromatic carbocycles. The first kappa shape index (κ1) is 22.8. The third-order valence-electron chi connectivity index (χ3n) is 6.94. The number of anilines is 1. The fourth-order valence-electron chi connectivity index (χ4n) is 5.15. The maximum Gasteiger partial charge on any atom is 0.229 e. The van der Waals surface area contributed by atoms with Crippen molar-refractivity contribution in [2.24, 2.45) is 5.73 Å². The largest absolute Gasteiger partial charge is 0.497 e. The molecule has 1 atom stereocenters. The zero-order chi connectivity index (χ0) is 25.7. The number of ether oxygens (including phenoxy) is 3. The number of nitrogens with two attached hydrogens (primary N) is 1. The van der Waals surface area contributed by atoms with Crippen molar-refractivity contribution in [3.8, 4) is 11.8 Å². The summed E-state index contributed by atoms with van der Waals surface area (Å²) in [6.07, 6.45) is 0. The number of hydrogen-bond acceptors (Lipinski definition) is 9. The number of rotatable bonds is 3. The Morgan fingerprint density at radius 3 is 2.51 bits per heavy atom. The van der Waals surface area contributed by atoms with Gasteiger partial charge in [-0.3, -0.25) is 9.59 Å². The Bertz CT molecular complexity index is 1590. The lowest BCUT2D eigenvalue weighted by Gasteiger charge is -2.35. The van der Waals surface area contributed by atoms with Crippen molar-refractivity contribution in [1.29, 1.82) is 5.26 Å². The average Bonchev–Trinajstić information content (AvgIpc) is 2.94. The van der Waals surface area contributed by atoms with Crippen molar-refractivity contribution in [3.63, 3.8) is 0 Å². The normalized spacial score (nSPS) is 19.4. The van der Waals surface area contributed by atoms with E-state index in [4.69, 9.17) is 24.9 Å². The zero-order valence-electron chi connectivity index (χ0n) is 20.0. The highest BCUT2D eigenvalue weighted by Crippen LogP contribution is 2.47. The molecule has 0 spiro atoms. The first-order valence-electron chi connectivity index (χ1n) is 11.8. The molecule has 1 fully saturated rings. The van der Waals surface area contributed by atoms with E-state index >= 15 is 0 Å². The highest BCUT2D eigenvalue weighted by Gasteiger charge is 2.45. The van der Waals surface area contributed by atoms with Gasteiger partial charge in [0.25, 0.3) is 0 Å². The van der Waals surface area contributed by atoms with Gasteiger partial charge >= 0.3 is 0 Å². The van der Waals surface area contributed by atoms with Crippen LogP contribution in [0.4, 0.5) is 5.82 Å². The van der Waals surface area contributed by atoms with E-state index in [9.17, 15) is 14.9 Å². The number of benzene rings is 2. The van der Waals surface area contributed by atoms with Crippen molar-refractivity contribution in [2.75, 3.05) is 38.3 Å². The van der Waals surface area contributed by atoms with E-state index < -0.39 is 11.7 Å². The summed E-state index contributed by atoms with van der Waals surface area (Å²) < 4.78 is 16.6. The van der Waals surface area contributed by atoms with E-state index in [0.717, 1.165) is 10.9 Å². The fourth-order valence-corrected chi connectivity index (χ4v) is 5.15. The highest BCUT2D eigenvalue weighted by molar-refractivity contribution is 6.27. The summed E-state index contributed by atoms with van der Waals surface area (Å²) in [6.45, 7) is 2.18. The summed E-state index contributed by atoms with van der Waals surface area (Å²) in [5.41, 5.74) is 8.16. The number of nitriles is 1. The standard InChI is InChI=1S/C28H22N4O5/c1-35-16-6-7-21-15(12-16)13-19(28(31-21)32-8-10-36-11-9-32)22-20(14-29)27(30)37-26-23(22)24(33)17-4-2-3-5-18(17)25(26)34/h2-7,12-13,22H,8-11,30H2,1H3. The molecule has 2 N–H and O–H groups in total. The molecule has 3 heterocycles. The van der Waals surface area contributed by atoms with Crippen LogP contribution in [0, 0.1) is 11.3 Å². The number of fused-ring (bicyclic) bond motifs is 2. The molecule has 1 aliphatic carbocycles. The van der Waals surface area contributed by atoms with Crippen LogP contribution >= 0.6 is 0 Å². The third-order valence-corrected chi connectivity index (χ3v) is 6.94. The van der Waals surface area contributed by atoms with Gasteiger partial charge in [-0.05, 0) is 24.3 Å². The molecule has 0 bridgehead atoms. The van der Waals surface area contributed by atoms with E-state index in [1.807, 2.05) is 24.3 Å². The molecule has 1 unspecified atom stereocenters. The van der Waals surface area contributed by atoms with Gasteiger partial charge in [0, 0.05) is 35.2 Å². The van der Waals surface area contributed by atoms with Crippen LogP contribution in [0.5, 0.6) is 5.75 Å². The molecule has 0 amide bonds. The highest BCUT2D eigenvalue weighted by atomic mass is 16.5. The number of carbonyl (C=O) groups excluding carboxylic acids is 2. The van der Waals surface area contributed by atoms with Gasteiger partial charge < -0.3 is 24.8 Å². The maximum atomic E-state index is 13.9. The van der Waals surface area contributed by atoms with E-state index in [1.54, 1.807) is 31.4 Å². The molecule has 184 valence electrons. The molecule has 3 aromatic rings. The minimum absolute atomic E-state index is 0.0536. The first-order chi connectivity index (χ1) is 18.0. The van der Waals surface area contributed by atoms with Crippen molar-refractivity contribution >= 4 is 28.3 Å². The Labute approximate surface area is 212 Å². The van der Waals surface area contributed by atoms with Crippen LogP contribution in [0.2, 0.25) is 0 Å². The first-order valence-corrected chi connectivity index (χ1v) is 11.8. The minimum atomic E-state index is -0.945. The van der Waals surface area contributed by atoms with E-state index in [2.05, 4.69) is 11.0 Å². The van der Waals surface area contributed by atoms with Crippen LogP contribution in [-0.4, -0.2) is 50.0 Å². The van der Waals surface area contributed by atoms with Gasteiger partial charge in [0.1, 0.15) is 23.2 Å². The Hall–Kier alpha value is -4.68. The summed E-state index contributed by atoms with van der Waals surface area (Å²) in [6, 6.07) is 16.1. The average molecular weight is 495 g/mol. The van der Waals surface area contributed by atoms with Crippen LogP contribution in [0.3, 0.4) is 0 Å². The molecular formula is C28H22N4O5. The van der Waals surface area contributed by atoms with Crippen LogP contribution in [0.15, 0.2) is 71.3 Å². The summed E-state index contributed by atoms with van der Waals surface area (Å²) in [5, 5.41) is 10.9. The van der Waals surface area contributed by atoms with Crippen molar-refractivity contribution in [2.45, 2.75) is 5.92 Å². The number of ketones is 2. The third kappa shape index (κ3) is 3.53. The number of pyridine rings is 1. The van der Waals surface area contributed by atoms with Gasteiger partial charge in [-0.1, -0.05) is 24.3 Å². The molecule has 9 heteroatoms. The summed E-state index contributed by atoms with van der Waals surface area (Å²) in [5.74, 6) is -0.888. The van der Waals surface area contributed by atoms with Gasteiger partial charge in [-0.2, -0.15) is 5.26 Å². The Kier molecular flexibility index (Phi) is 5.39. The molecule has 2 aliphatic heterocycles. The van der Waals surface area contributed by atoms with E-state index in [-0.39, 0.29) is 39.7 Å². The number of hydrogen-bond donors (Lipinski definition) is 1. The maximum absolute atomic E-state index is 13.9. The van der Waals surface area contributed by atoms with Gasteiger partial charge in [0.15, 0.2) is 11.5 Å². The van der Waals surface area contributed by atoms with Gasteiger partial charge in [-0.25, -0.2) is 4.98 Å². The lowest BCUT2D eigenvalue weighted by Crippen LogP contribution is -2.38. The fraction of sp³-hybridized carbons (Fsp3) is 0.214. The van der Waals surface area contributed by atoms with Crippen LogP contribution in [-0.2, 0) is 9.47 Å². The molecule has 9 nitrogen and oxygen atoms in total. The second-order valence-corrected chi connectivity index (χ2v) is 8.93. The number of allylic oxidation sites excluding steroid dienone is 3. The second-order valence-electron chi connectivity index (χ2n) is 8.93. The predicted octanol–water partition coefficient (Wildman–Crippen LogP) is 3.22. The molecule has 1 saturated heterocycles. The zero-order valence-corrected chi connectivity index (χ0v) is 20.0. The van der Waals surface area contributed by atoms with Crippen LogP contribution in [0.1, 0.15) is 32.2 Å². The second kappa shape index (κ2) is 8.76. The molecule has 1 aromatic heterocycles. The topological polar surface area (TPSA) is 128 Å². The number of morpholine rings is 1. The number of methoxy groups -OCH3 is 1. The minimum Gasteiger partial charge on any atom is -0.497 e. The summed E-state index contributed by atoms with van der Waals surface area (Å²) in [4.78, 5) is 34.3. The van der Waals surface area contributed by atoms with Gasteiger partial charge in [0.2, 0.25) is 11.7 Å². The quantitative estimate of drug-likeness (QED) is 0.584. The molecule has 3 aliphatic rings. The Balaban J connectivity index is 1.64. The van der Waals surface area contributed by atoms with Crippen LogP contribution in [0.25, 0.3) is 10.9 Å². The smallest absolute Gasteiger partial charge is 0.229 e. The molecule has 0 radical (unpaired) electrons. The number of Topliss-reactive ketones (excluding diaryl/α,β-unsaturated/α-hetero) is 2. The monoisotopic (exact) mass is 494 g/mol. The summed E-state index contributed by atoms with van der Waals surface area (Å²) >= 11 is 0.